The van der Waals surface area contributed by atoms with E-state index in [1.807, 2.05) is 24.3 Å². The number of aromatic nitrogens is 2. The van der Waals surface area contributed by atoms with Gasteiger partial charge in [0.1, 0.15) is 0 Å². The smallest absolute Gasteiger partial charge is 0.271 e. The standard InChI is InChI=1S/C17H19N3O3S/c21-17(18-8-7-11-9-24(22,23)10-11)16-15(12-5-6-12)19-13-3-1-2-4-14(13)20-16/h1-4,11-12H,5-10H2,(H,18,21). The summed E-state index contributed by atoms with van der Waals surface area (Å²) in [6, 6.07) is 7.56. The molecule has 1 amide bonds. The third-order valence-corrected chi connectivity index (χ3v) is 6.55. The van der Waals surface area contributed by atoms with Crippen molar-refractivity contribution in [2.75, 3.05) is 18.1 Å². The zero-order valence-corrected chi connectivity index (χ0v) is 14.1. The molecular weight excluding hydrogens is 326 g/mol. The summed E-state index contributed by atoms with van der Waals surface area (Å²) in [5, 5.41) is 2.88. The van der Waals surface area contributed by atoms with Gasteiger partial charge in [-0.2, -0.15) is 0 Å². The average molecular weight is 345 g/mol. The van der Waals surface area contributed by atoms with Crippen LogP contribution in [0, 0.1) is 5.92 Å². The Morgan fingerprint density at radius 3 is 2.42 bits per heavy atom. The molecule has 1 aliphatic carbocycles. The zero-order valence-electron chi connectivity index (χ0n) is 13.2. The number of fused-ring (bicyclic) bond motifs is 1. The Morgan fingerprint density at radius 2 is 1.79 bits per heavy atom. The van der Waals surface area contributed by atoms with Crippen molar-refractivity contribution >= 4 is 26.8 Å². The van der Waals surface area contributed by atoms with E-state index in [1.54, 1.807) is 0 Å². The average Bonchev–Trinajstić information content (AvgIpc) is 3.36. The highest BCUT2D eigenvalue weighted by Crippen LogP contribution is 2.40. The van der Waals surface area contributed by atoms with Crippen LogP contribution >= 0.6 is 0 Å². The van der Waals surface area contributed by atoms with Crippen LogP contribution in [0.2, 0.25) is 0 Å². The summed E-state index contributed by atoms with van der Waals surface area (Å²) in [4.78, 5) is 21.7. The van der Waals surface area contributed by atoms with Crippen molar-refractivity contribution < 1.29 is 13.2 Å². The minimum Gasteiger partial charge on any atom is -0.351 e. The lowest BCUT2D eigenvalue weighted by Crippen LogP contribution is -2.39. The molecule has 0 unspecified atom stereocenters. The van der Waals surface area contributed by atoms with Crippen molar-refractivity contribution in [2.45, 2.75) is 25.2 Å². The van der Waals surface area contributed by atoms with Gasteiger partial charge in [0.05, 0.1) is 28.2 Å². The van der Waals surface area contributed by atoms with Gasteiger partial charge in [-0.25, -0.2) is 18.4 Å². The molecule has 2 aliphatic rings. The quantitative estimate of drug-likeness (QED) is 0.890. The minimum absolute atomic E-state index is 0.167. The van der Waals surface area contributed by atoms with Gasteiger partial charge in [0, 0.05) is 12.5 Å². The molecule has 1 aliphatic heterocycles. The third kappa shape index (κ3) is 3.13. The number of carbonyl (C=O) groups excluding carboxylic acids is 1. The summed E-state index contributed by atoms with van der Waals surface area (Å²) in [7, 11) is -2.80. The van der Waals surface area contributed by atoms with E-state index >= 15 is 0 Å². The number of para-hydroxylation sites is 2. The summed E-state index contributed by atoms with van der Waals surface area (Å²) in [5.74, 6) is 0.774. The molecule has 1 aromatic heterocycles. The van der Waals surface area contributed by atoms with Crippen LogP contribution in [-0.2, 0) is 9.84 Å². The largest absolute Gasteiger partial charge is 0.351 e. The third-order valence-electron chi connectivity index (χ3n) is 4.59. The van der Waals surface area contributed by atoms with Crippen molar-refractivity contribution in [3.05, 3.63) is 35.7 Å². The van der Waals surface area contributed by atoms with Crippen LogP contribution < -0.4 is 5.32 Å². The van der Waals surface area contributed by atoms with Crippen LogP contribution in [0.3, 0.4) is 0 Å². The fourth-order valence-electron chi connectivity index (χ4n) is 3.13. The second kappa shape index (κ2) is 5.81. The van der Waals surface area contributed by atoms with Crippen LogP contribution in [0.5, 0.6) is 0 Å². The number of nitrogens with one attached hydrogen (secondary N) is 1. The Kier molecular flexibility index (Phi) is 3.75. The fourth-order valence-corrected chi connectivity index (χ4v) is 4.80. The molecule has 24 heavy (non-hydrogen) atoms. The molecule has 7 heteroatoms. The van der Waals surface area contributed by atoms with Gasteiger partial charge in [0.15, 0.2) is 15.5 Å². The van der Waals surface area contributed by atoms with Gasteiger partial charge in [0.2, 0.25) is 0 Å². The van der Waals surface area contributed by atoms with E-state index in [1.165, 1.54) is 0 Å². The van der Waals surface area contributed by atoms with Gasteiger partial charge in [-0.15, -0.1) is 0 Å². The normalized spacial score (nSPS) is 19.8. The van der Waals surface area contributed by atoms with E-state index in [9.17, 15) is 13.2 Å². The van der Waals surface area contributed by atoms with E-state index in [2.05, 4.69) is 15.3 Å². The first-order valence-electron chi connectivity index (χ1n) is 8.27. The van der Waals surface area contributed by atoms with Gasteiger partial charge in [-0.05, 0) is 37.3 Å². The van der Waals surface area contributed by atoms with Crippen molar-refractivity contribution in [1.82, 2.24) is 15.3 Å². The Labute approximate surface area is 140 Å². The van der Waals surface area contributed by atoms with Crippen LogP contribution in [-0.4, -0.2) is 42.3 Å². The maximum absolute atomic E-state index is 12.5. The molecule has 0 radical (unpaired) electrons. The van der Waals surface area contributed by atoms with E-state index in [0.29, 0.717) is 24.6 Å². The first-order valence-corrected chi connectivity index (χ1v) is 10.1. The van der Waals surface area contributed by atoms with E-state index in [-0.39, 0.29) is 23.3 Å². The number of nitrogens with zero attached hydrogens (tertiary/aromatic N) is 2. The molecule has 1 saturated heterocycles. The highest BCUT2D eigenvalue weighted by atomic mass is 32.2. The van der Waals surface area contributed by atoms with Crippen molar-refractivity contribution in [3.63, 3.8) is 0 Å². The number of hydrogen-bond donors (Lipinski definition) is 1. The lowest BCUT2D eigenvalue weighted by molar-refractivity contribution is 0.0945. The first-order chi connectivity index (χ1) is 11.5. The summed E-state index contributed by atoms with van der Waals surface area (Å²) < 4.78 is 22.3. The Hall–Kier alpha value is -2.02. The lowest BCUT2D eigenvalue weighted by atomic mass is 10.1. The molecule has 1 aromatic carbocycles. The number of sulfone groups is 1. The highest BCUT2D eigenvalue weighted by molar-refractivity contribution is 7.92. The predicted octanol–water partition coefficient (Wildman–Crippen LogP) is 1.67. The summed E-state index contributed by atoms with van der Waals surface area (Å²) in [6.45, 7) is 0.470. The molecule has 1 saturated carbocycles. The second-order valence-corrected chi connectivity index (χ2v) is 8.86. The number of rotatable bonds is 5. The van der Waals surface area contributed by atoms with Crippen molar-refractivity contribution in [2.24, 2.45) is 5.92 Å². The second-order valence-electron chi connectivity index (χ2n) is 6.71. The van der Waals surface area contributed by atoms with Gasteiger partial charge in [-0.1, -0.05) is 12.1 Å². The summed E-state index contributed by atoms with van der Waals surface area (Å²) in [5.41, 5.74) is 2.74. The molecule has 2 fully saturated rings. The predicted molar refractivity (Wildman–Crippen MR) is 90.6 cm³/mol. The molecule has 126 valence electrons. The zero-order chi connectivity index (χ0) is 16.7. The van der Waals surface area contributed by atoms with Crippen molar-refractivity contribution in [1.29, 1.82) is 0 Å². The number of benzene rings is 1. The lowest BCUT2D eigenvalue weighted by Gasteiger charge is -2.25. The first kappa shape index (κ1) is 15.5. The fraction of sp³-hybridized carbons (Fsp3) is 0.471. The molecule has 4 rings (SSSR count). The molecule has 0 atom stereocenters. The molecule has 1 N–H and O–H groups in total. The Morgan fingerprint density at radius 1 is 1.12 bits per heavy atom. The molecule has 0 spiro atoms. The van der Waals surface area contributed by atoms with Crippen LogP contribution in [0.4, 0.5) is 0 Å². The maximum atomic E-state index is 12.5. The molecule has 2 heterocycles. The molecule has 6 nitrogen and oxygen atoms in total. The van der Waals surface area contributed by atoms with Crippen molar-refractivity contribution in [3.8, 4) is 0 Å². The van der Waals surface area contributed by atoms with Crippen LogP contribution in [0.15, 0.2) is 24.3 Å². The van der Waals surface area contributed by atoms with Gasteiger partial charge in [-0.3, -0.25) is 4.79 Å². The number of amides is 1. The summed E-state index contributed by atoms with van der Waals surface area (Å²) in [6.07, 6.45) is 2.78. The topological polar surface area (TPSA) is 89.0 Å². The maximum Gasteiger partial charge on any atom is 0.271 e. The van der Waals surface area contributed by atoms with Crippen LogP contribution in [0.1, 0.15) is 41.4 Å². The van der Waals surface area contributed by atoms with Gasteiger partial charge >= 0.3 is 0 Å². The highest BCUT2D eigenvalue weighted by Gasteiger charge is 2.33. The summed E-state index contributed by atoms with van der Waals surface area (Å²) >= 11 is 0. The molecular formula is C17H19N3O3S. The van der Waals surface area contributed by atoms with E-state index < -0.39 is 9.84 Å². The number of hydrogen-bond acceptors (Lipinski definition) is 5. The number of carbonyl (C=O) groups is 1. The van der Waals surface area contributed by atoms with Crippen LogP contribution in [0.25, 0.3) is 11.0 Å². The van der Waals surface area contributed by atoms with E-state index in [0.717, 1.165) is 29.6 Å². The Bertz CT molecular complexity index is 894. The molecule has 2 aromatic rings. The molecule has 0 bridgehead atoms. The SMILES string of the molecule is O=C(NCCC1CS(=O)(=O)C1)c1nc2ccccc2nc1C1CC1. The van der Waals surface area contributed by atoms with Gasteiger partial charge < -0.3 is 5.32 Å². The minimum atomic E-state index is -2.80. The monoisotopic (exact) mass is 345 g/mol. The van der Waals surface area contributed by atoms with Gasteiger partial charge in [0.25, 0.3) is 5.91 Å². The van der Waals surface area contributed by atoms with E-state index in [4.69, 9.17) is 0 Å². The Balaban J connectivity index is 1.48.